The molecular weight excluding hydrogens is 508 g/mol. The van der Waals surface area contributed by atoms with Crippen molar-refractivity contribution in [2.45, 2.75) is 33.2 Å². The zero-order valence-electron chi connectivity index (χ0n) is 21.2. The zero-order valence-corrected chi connectivity index (χ0v) is 22.8. The van der Waals surface area contributed by atoms with Gasteiger partial charge >= 0.3 is 5.56 Å². The van der Waals surface area contributed by atoms with Crippen molar-refractivity contribution in [3.05, 3.63) is 75.2 Å². The van der Waals surface area contributed by atoms with Gasteiger partial charge in [-0.15, -0.1) is 0 Å². The molecule has 2 aliphatic rings. The molecule has 3 aromatic rings. The first kappa shape index (κ1) is 25.9. The summed E-state index contributed by atoms with van der Waals surface area (Å²) < 4.78 is 13.3. The van der Waals surface area contributed by atoms with Crippen molar-refractivity contribution >= 4 is 35.1 Å². The number of ether oxygens (including phenoxy) is 1. The molecular formula is C27H33ClN6O2S. The fraction of sp³-hybridized carbons (Fsp3) is 0.407. The Morgan fingerprint density at radius 3 is 2.65 bits per heavy atom. The van der Waals surface area contributed by atoms with Gasteiger partial charge in [0.1, 0.15) is 5.69 Å². The molecule has 1 aromatic heterocycles. The maximum Gasteiger partial charge on any atom is 0.316 e. The van der Waals surface area contributed by atoms with Crippen molar-refractivity contribution in [3.63, 3.8) is 0 Å². The standard InChI is InChI=1S/C27H33ClN6O2S/c1-19-6-7-20(14-23(19)29)16-31-37-33-12-10-32(11-13-33)24-17-30-34(22-5-3-4-21(28)15-22)26(35)25(24)36-18-27(2)8-9-27/h3-7,14-15,17,31H,8-13,16,18,29H2,1-2H3. The Labute approximate surface area is 227 Å². The minimum Gasteiger partial charge on any atom is -0.486 e. The summed E-state index contributed by atoms with van der Waals surface area (Å²) in [5.74, 6) is 0.360. The van der Waals surface area contributed by atoms with Crippen LogP contribution in [0.25, 0.3) is 5.69 Å². The normalized spacial score (nSPS) is 17.1. The van der Waals surface area contributed by atoms with E-state index in [1.807, 2.05) is 31.2 Å². The van der Waals surface area contributed by atoms with E-state index in [2.05, 4.69) is 32.0 Å². The third-order valence-corrected chi connectivity index (χ3v) is 8.16. The van der Waals surface area contributed by atoms with Gasteiger partial charge in [-0.05, 0) is 55.2 Å². The van der Waals surface area contributed by atoms with E-state index < -0.39 is 0 Å². The maximum atomic E-state index is 13.5. The van der Waals surface area contributed by atoms with Crippen LogP contribution in [0, 0.1) is 12.3 Å². The van der Waals surface area contributed by atoms with Crippen LogP contribution in [-0.2, 0) is 6.54 Å². The molecule has 0 bridgehead atoms. The summed E-state index contributed by atoms with van der Waals surface area (Å²) in [6.45, 7) is 8.67. The molecule has 8 nitrogen and oxygen atoms in total. The van der Waals surface area contributed by atoms with E-state index in [0.29, 0.717) is 23.1 Å². The first-order valence-electron chi connectivity index (χ1n) is 12.6. The highest BCUT2D eigenvalue weighted by Crippen LogP contribution is 2.45. The molecule has 196 valence electrons. The van der Waals surface area contributed by atoms with E-state index in [1.54, 1.807) is 30.5 Å². The van der Waals surface area contributed by atoms with E-state index in [0.717, 1.165) is 68.1 Å². The predicted octanol–water partition coefficient (Wildman–Crippen LogP) is 4.43. The van der Waals surface area contributed by atoms with Crippen LogP contribution >= 0.6 is 23.7 Å². The Hall–Kier alpha value is -2.72. The summed E-state index contributed by atoms with van der Waals surface area (Å²) in [6, 6.07) is 13.3. The Morgan fingerprint density at radius 2 is 1.95 bits per heavy atom. The molecule has 2 heterocycles. The third kappa shape index (κ3) is 6.23. The number of aromatic nitrogens is 2. The second kappa shape index (κ2) is 10.9. The Bertz CT molecular complexity index is 1320. The lowest BCUT2D eigenvalue weighted by atomic mass is 10.1. The van der Waals surface area contributed by atoms with Crippen LogP contribution in [-0.4, -0.2) is 46.9 Å². The van der Waals surface area contributed by atoms with Crippen LogP contribution in [0.2, 0.25) is 5.02 Å². The summed E-state index contributed by atoms with van der Waals surface area (Å²) in [5, 5.41) is 5.04. The van der Waals surface area contributed by atoms with E-state index in [9.17, 15) is 4.79 Å². The number of aryl methyl sites for hydroxylation is 1. The largest absolute Gasteiger partial charge is 0.486 e. The molecule has 10 heteroatoms. The first-order valence-corrected chi connectivity index (χ1v) is 13.7. The average molecular weight is 541 g/mol. The molecule has 0 spiro atoms. The van der Waals surface area contributed by atoms with Gasteiger partial charge in [0.25, 0.3) is 0 Å². The molecule has 0 radical (unpaired) electrons. The van der Waals surface area contributed by atoms with Crippen molar-refractivity contribution < 1.29 is 4.74 Å². The highest BCUT2D eigenvalue weighted by atomic mass is 35.5. The number of nitrogen functional groups attached to an aromatic ring is 1. The number of hydrogen-bond donors (Lipinski definition) is 2. The summed E-state index contributed by atoms with van der Waals surface area (Å²) in [5.41, 5.74) is 10.4. The lowest BCUT2D eigenvalue weighted by molar-refractivity contribution is 0.242. The lowest BCUT2D eigenvalue weighted by Gasteiger charge is -2.35. The van der Waals surface area contributed by atoms with Crippen molar-refractivity contribution in [2.24, 2.45) is 5.41 Å². The van der Waals surface area contributed by atoms with E-state index in [4.69, 9.17) is 22.1 Å². The van der Waals surface area contributed by atoms with E-state index in [1.165, 1.54) is 4.68 Å². The van der Waals surface area contributed by atoms with Crippen LogP contribution in [0.15, 0.2) is 53.5 Å². The van der Waals surface area contributed by atoms with Gasteiger partial charge in [-0.3, -0.25) is 4.79 Å². The molecule has 2 aromatic carbocycles. The van der Waals surface area contributed by atoms with Crippen molar-refractivity contribution in [1.82, 2.24) is 18.8 Å². The highest BCUT2D eigenvalue weighted by Gasteiger charge is 2.39. The molecule has 2 fully saturated rings. The average Bonchev–Trinajstić information content (AvgIpc) is 3.63. The summed E-state index contributed by atoms with van der Waals surface area (Å²) in [7, 11) is 0. The summed E-state index contributed by atoms with van der Waals surface area (Å²) in [6.07, 6.45) is 3.98. The number of benzene rings is 2. The second-order valence-electron chi connectivity index (χ2n) is 10.2. The second-order valence-corrected chi connectivity index (χ2v) is 11.6. The van der Waals surface area contributed by atoms with Gasteiger partial charge in [-0.1, -0.05) is 36.7 Å². The number of hydrogen-bond acceptors (Lipinski definition) is 8. The predicted molar refractivity (Wildman–Crippen MR) is 151 cm³/mol. The number of rotatable bonds is 9. The number of nitrogens with two attached hydrogens (primary N) is 1. The van der Waals surface area contributed by atoms with Crippen LogP contribution < -0.4 is 25.7 Å². The van der Waals surface area contributed by atoms with Crippen molar-refractivity contribution in [3.8, 4) is 11.4 Å². The zero-order chi connectivity index (χ0) is 26.0. The molecule has 5 rings (SSSR count). The topological polar surface area (TPSA) is 88.6 Å². The van der Waals surface area contributed by atoms with Crippen LogP contribution in [0.3, 0.4) is 0 Å². The molecule has 3 N–H and O–H groups in total. The van der Waals surface area contributed by atoms with Crippen LogP contribution in [0.1, 0.15) is 30.9 Å². The summed E-state index contributed by atoms with van der Waals surface area (Å²) in [4.78, 5) is 15.7. The Morgan fingerprint density at radius 1 is 1.16 bits per heavy atom. The highest BCUT2D eigenvalue weighted by molar-refractivity contribution is 7.95. The minimum absolute atomic E-state index is 0.150. The van der Waals surface area contributed by atoms with Gasteiger partial charge in [0.15, 0.2) is 0 Å². The number of anilines is 2. The molecule has 1 saturated heterocycles. The van der Waals surface area contributed by atoms with E-state index in [-0.39, 0.29) is 11.0 Å². The van der Waals surface area contributed by atoms with Gasteiger partial charge in [0, 0.05) is 61.0 Å². The van der Waals surface area contributed by atoms with Gasteiger partial charge < -0.3 is 15.4 Å². The number of nitrogens with one attached hydrogen (secondary N) is 1. The van der Waals surface area contributed by atoms with Crippen LogP contribution in [0.5, 0.6) is 5.75 Å². The molecule has 1 saturated carbocycles. The molecule has 0 atom stereocenters. The van der Waals surface area contributed by atoms with Crippen LogP contribution in [0.4, 0.5) is 11.4 Å². The molecule has 0 amide bonds. The van der Waals surface area contributed by atoms with Crippen molar-refractivity contribution in [2.75, 3.05) is 43.4 Å². The molecule has 1 aliphatic heterocycles. The Kier molecular flexibility index (Phi) is 7.67. The van der Waals surface area contributed by atoms with Gasteiger partial charge in [0.2, 0.25) is 5.75 Å². The number of nitrogens with zero attached hydrogens (tertiary/aromatic N) is 4. The summed E-state index contributed by atoms with van der Waals surface area (Å²) >= 11 is 7.79. The third-order valence-electron chi connectivity index (χ3n) is 7.03. The molecule has 37 heavy (non-hydrogen) atoms. The SMILES string of the molecule is Cc1ccc(CNSN2CCN(c3cnn(-c4cccc(Cl)c4)c(=O)c3OCC3(C)CC3)CC2)cc1N. The quantitative estimate of drug-likeness (QED) is 0.304. The van der Waals surface area contributed by atoms with Crippen molar-refractivity contribution in [1.29, 1.82) is 0 Å². The minimum atomic E-state index is -0.264. The fourth-order valence-electron chi connectivity index (χ4n) is 4.21. The van der Waals surface area contributed by atoms with E-state index >= 15 is 0 Å². The number of halogens is 1. The Balaban J connectivity index is 1.26. The first-order chi connectivity index (χ1) is 17.8. The fourth-order valence-corrected chi connectivity index (χ4v) is 5.16. The van der Waals surface area contributed by atoms with Gasteiger partial charge in [-0.2, -0.15) is 9.78 Å². The number of piperazine rings is 1. The molecule has 0 unspecified atom stereocenters. The smallest absolute Gasteiger partial charge is 0.316 e. The molecule has 1 aliphatic carbocycles. The monoisotopic (exact) mass is 540 g/mol. The lowest BCUT2D eigenvalue weighted by Crippen LogP contribution is -2.45. The van der Waals surface area contributed by atoms with Gasteiger partial charge in [0.05, 0.1) is 18.5 Å². The van der Waals surface area contributed by atoms with Gasteiger partial charge in [-0.25, -0.2) is 9.03 Å². The maximum absolute atomic E-state index is 13.5.